The second-order valence-electron chi connectivity index (χ2n) is 3.10. The number of nitriles is 1. The zero-order valence-electron chi connectivity index (χ0n) is 8.22. The number of anilines is 1. The molecule has 0 bridgehead atoms. The molecule has 0 aliphatic rings. The Morgan fingerprint density at radius 1 is 1.41 bits per heavy atom. The Balaban J connectivity index is 3.46. The molecule has 0 unspecified atom stereocenters. The lowest BCUT2D eigenvalue weighted by Gasteiger charge is -2.14. The van der Waals surface area contributed by atoms with Crippen LogP contribution in [0.2, 0.25) is 0 Å². The quantitative estimate of drug-likeness (QED) is 0.822. The van der Waals surface area contributed by atoms with E-state index in [1.165, 1.54) is 0 Å². The van der Waals surface area contributed by atoms with E-state index in [-0.39, 0.29) is 5.69 Å². The first-order chi connectivity index (χ1) is 7.77. The van der Waals surface area contributed by atoms with Crippen molar-refractivity contribution in [2.75, 3.05) is 5.73 Å². The van der Waals surface area contributed by atoms with Crippen molar-refractivity contribution < 1.29 is 22.0 Å². The summed E-state index contributed by atoms with van der Waals surface area (Å²) in [6.45, 7) is 0. The minimum atomic E-state index is -5.04. The van der Waals surface area contributed by atoms with Gasteiger partial charge in [-0.1, -0.05) is 0 Å². The fourth-order valence-corrected chi connectivity index (χ4v) is 1.25. The highest BCUT2D eigenvalue weighted by Crippen LogP contribution is 2.38. The zero-order chi connectivity index (χ0) is 13.2. The monoisotopic (exact) mass is 251 g/mol. The second kappa shape index (κ2) is 4.53. The Bertz CT molecular complexity index is 461. The number of hydrogen-bond acceptors (Lipinski definition) is 3. The number of nitrogens with two attached hydrogens (primary N) is 1. The van der Waals surface area contributed by atoms with Gasteiger partial charge in [-0.15, -0.1) is 0 Å². The molecular formula is C9H6F5N3. The molecule has 1 aromatic rings. The second-order valence-corrected chi connectivity index (χ2v) is 3.10. The number of pyridine rings is 1. The lowest BCUT2D eigenvalue weighted by atomic mass is 10.1. The number of alkyl halides is 5. The molecule has 2 N–H and O–H groups in total. The molecule has 17 heavy (non-hydrogen) atoms. The van der Waals surface area contributed by atoms with Crippen molar-refractivity contribution in [1.82, 2.24) is 4.98 Å². The van der Waals surface area contributed by atoms with Crippen LogP contribution in [0.4, 0.5) is 27.6 Å². The molecule has 0 saturated carbocycles. The number of hydrogen-bond donors (Lipinski definition) is 1. The van der Waals surface area contributed by atoms with Gasteiger partial charge in [0, 0.05) is 5.69 Å². The molecule has 0 spiro atoms. The summed E-state index contributed by atoms with van der Waals surface area (Å²) in [6, 6.07) is 2.41. The van der Waals surface area contributed by atoms with Gasteiger partial charge in [-0.05, 0) is 6.07 Å². The van der Waals surface area contributed by atoms with Crippen molar-refractivity contribution in [2.45, 2.75) is 19.0 Å². The number of aromatic nitrogens is 1. The number of nitrogen functional groups attached to an aromatic ring is 1. The van der Waals surface area contributed by atoms with E-state index < -0.39 is 36.0 Å². The smallest absolute Gasteiger partial charge is 0.398 e. The van der Waals surface area contributed by atoms with E-state index in [1.807, 2.05) is 0 Å². The van der Waals surface area contributed by atoms with E-state index in [4.69, 9.17) is 11.0 Å². The van der Waals surface area contributed by atoms with E-state index in [2.05, 4.69) is 4.98 Å². The third-order valence-corrected chi connectivity index (χ3v) is 1.89. The largest absolute Gasteiger partial charge is 0.433 e. The minimum Gasteiger partial charge on any atom is -0.398 e. The summed E-state index contributed by atoms with van der Waals surface area (Å²) >= 11 is 0. The molecule has 8 heteroatoms. The topological polar surface area (TPSA) is 62.7 Å². The number of nitrogens with zero attached hydrogens (tertiary/aromatic N) is 2. The van der Waals surface area contributed by atoms with Crippen LogP contribution in [-0.4, -0.2) is 4.98 Å². The average Bonchev–Trinajstić information content (AvgIpc) is 2.15. The van der Waals surface area contributed by atoms with Crippen LogP contribution in [0.5, 0.6) is 0 Å². The molecule has 0 radical (unpaired) electrons. The molecule has 0 amide bonds. The fourth-order valence-electron chi connectivity index (χ4n) is 1.25. The summed E-state index contributed by atoms with van der Waals surface area (Å²) in [7, 11) is 0. The Morgan fingerprint density at radius 2 is 2.00 bits per heavy atom. The standard InChI is InChI=1S/C9H6F5N3/c10-8(11)6-5(16)3-4(1-2-15)17-7(6)9(12,13)14/h3,8H,1H2,(H2,16,17). The predicted octanol–water partition coefficient (Wildman–Crippen LogP) is 2.69. The molecule has 0 saturated heterocycles. The van der Waals surface area contributed by atoms with Gasteiger partial charge >= 0.3 is 6.18 Å². The normalized spacial score (nSPS) is 11.6. The maximum Gasteiger partial charge on any atom is 0.433 e. The number of rotatable bonds is 2. The zero-order valence-corrected chi connectivity index (χ0v) is 8.22. The van der Waals surface area contributed by atoms with Crippen LogP contribution in [-0.2, 0) is 12.6 Å². The molecule has 1 rings (SSSR count). The summed E-state index contributed by atoms with van der Waals surface area (Å²) in [5, 5.41) is 8.32. The first-order valence-corrected chi connectivity index (χ1v) is 4.29. The van der Waals surface area contributed by atoms with Gasteiger partial charge in [-0.2, -0.15) is 18.4 Å². The van der Waals surface area contributed by atoms with Gasteiger partial charge in [0.15, 0.2) is 5.69 Å². The lowest BCUT2D eigenvalue weighted by molar-refractivity contribution is -0.143. The van der Waals surface area contributed by atoms with Crippen LogP contribution in [0, 0.1) is 11.3 Å². The van der Waals surface area contributed by atoms with Gasteiger partial charge < -0.3 is 5.73 Å². The van der Waals surface area contributed by atoms with E-state index in [0.717, 1.165) is 6.07 Å². The van der Waals surface area contributed by atoms with Gasteiger partial charge in [0.1, 0.15) is 0 Å². The summed E-state index contributed by atoms with van der Waals surface area (Å²) in [5.74, 6) is 0. The van der Waals surface area contributed by atoms with Gasteiger partial charge in [-0.3, -0.25) is 0 Å². The Kier molecular flexibility index (Phi) is 3.50. The molecule has 92 valence electrons. The summed E-state index contributed by atoms with van der Waals surface area (Å²) < 4.78 is 62.3. The Labute approximate surface area is 92.7 Å². The summed E-state index contributed by atoms with van der Waals surface area (Å²) in [5.41, 5.74) is 1.03. The van der Waals surface area contributed by atoms with Gasteiger partial charge in [0.05, 0.1) is 23.7 Å². The van der Waals surface area contributed by atoms with Gasteiger partial charge in [0.2, 0.25) is 0 Å². The lowest BCUT2D eigenvalue weighted by Crippen LogP contribution is -2.16. The van der Waals surface area contributed by atoms with E-state index in [9.17, 15) is 22.0 Å². The molecule has 0 atom stereocenters. The molecule has 0 aliphatic carbocycles. The van der Waals surface area contributed by atoms with Crippen LogP contribution in [0.15, 0.2) is 6.07 Å². The van der Waals surface area contributed by atoms with Crippen molar-refractivity contribution in [3.8, 4) is 6.07 Å². The maximum absolute atomic E-state index is 12.5. The highest BCUT2D eigenvalue weighted by molar-refractivity contribution is 5.51. The van der Waals surface area contributed by atoms with Crippen molar-refractivity contribution in [3.05, 3.63) is 23.0 Å². The van der Waals surface area contributed by atoms with Crippen molar-refractivity contribution in [3.63, 3.8) is 0 Å². The minimum absolute atomic E-state index is 0.290. The summed E-state index contributed by atoms with van der Waals surface area (Å²) in [4.78, 5) is 3.01. The fraction of sp³-hybridized carbons (Fsp3) is 0.333. The molecule has 1 heterocycles. The third-order valence-electron chi connectivity index (χ3n) is 1.89. The Hall–Kier alpha value is -1.91. The molecule has 3 nitrogen and oxygen atoms in total. The van der Waals surface area contributed by atoms with Gasteiger partial charge in [-0.25, -0.2) is 13.8 Å². The molecular weight excluding hydrogens is 245 g/mol. The van der Waals surface area contributed by atoms with Crippen molar-refractivity contribution in [1.29, 1.82) is 5.26 Å². The molecule has 0 fully saturated rings. The van der Waals surface area contributed by atoms with Crippen LogP contribution in [0.25, 0.3) is 0 Å². The highest BCUT2D eigenvalue weighted by Gasteiger charge is 2.39. The Morgan fingerprint density at radius 3 is 2.41 bits per heavy atom. The van der Waals surface area contributed by atoms with E-state index in [1.54, 1.807) is 6.07 Å². The van der Waals surface area contributed by atoms with Crippen LogP contribution in [0.1, 0.15) is 23.4 Å². The van der Waals surface area contributed by atoms with E-state index >= 15 is 0 Å². The summed E-state index contributed by atoms with van der Waals surface area (Å²) in [6.07, 6.45) is -8.85. The molecule has 0 aliphatic heterocycles. The molecule has 0 aromatic carbocycles. The average molecular weight is 251 g/mol. The third kappa shape index (κ3) is 2.81. The van der Waals surface area contributed by atoms with Crippen LogP contribution < -0.4 is 5.73 Å². The number of halogens is 5. The van der Waals surface area contributed by atoms with Crippen molar-refractivity contribution >= 4 is 5.69 Å². The highest BCUT2D eigenvalue weighted by atomic mass is 19.4. The first kappa shape index (κ1) is 13.2. The molecule has 1 aromatic heterocycles. The SMILES string of the molecule is N#CCc1cc(N)c(C(F)F)c(C(F)(F)F)n1. The van der Waals surface area contributed by atoms with E-state index in [0.29, 0.717) is 0 Å². The maximum atomic E-state index is 12.5. The predicted molar refractivity (Wildman–Crippen MR) is 47.9 cm³/mol. The van der Waals surface area contributed by atoms with Crippen LogP contribution in [0.3, 0.4) is 0 Å². The first-order valence-electron chi connectivity index (χ1n) is 4.29. The van der Waals surface area contributed by atoms with Crippen LogP contribution >= 0.6 is 0 Å². The van der Waals surface area contributed by atoms with Gasteiger partial charge in [0.25, 0.3) is 6.43 Å². The van der Waals surface area contributed by atoms with Crippen molar-refractivity contribution in [2.24, 2.45) is 0 Å².